The van der Waals surface area contributed by atoms with Crippen LogP contribution in [0.15, 0.2) is 83.8 Å². The molecule has 2 N–H and O–H groups in total. The largest absolute Gasteiger partial charge is 0.495 e. The number of nitrogens with zero attached hydrogens (tertiary/aromatic N) is 1. The molecule has 3 aromatic rings. The van der Waals surface area contributed by atoms with Gasteiger partial charge in [-0.15, -0.1) is 0 Å². The van der Waals surface area contributed by atoms with Crippen molar-refractivity contribution in [3.8, 4) is 5.75 Å². The van der Waals surface area contributed by atoms with E-state index in [0.717, 1.165) is 9.87 Å². The van der Waals surface area contributed by atoms with Crippen molar-refractivity contribution in [3.63, 3.8) is 0 Å². The average molecular weight is 468 g/mol. The molecule has 2 amide bonds. The highest BCUT2D eigenvalue weighted by Crippen LogP contribution is 2.28. The van der Waals surface area contributed by atoms with E-state index in [1.54, 1.807) is 60.7 Å². The van der Waals surface area contributed by atoms with Gasteiger partial charge in [0.05, 0.1) is 24.2 Å². The Labute approximate surface area is 193 Å². The Kier molecular flexibility index (Phi) is 7.81. The molecule has 0 aliphatic carbocycles. The third-order valence-corrected chi connectivity index (χ3v) is 6.50. The molecular weight excluding hydrogens is 442 g/mol. The Hall–Kier alpha value is -3.69. The zero-order chi connectivity index (χ0) is 23.8. The number of methoxy groups -OCH3 is 1. The monoisotopic (exact) mass is 467 g/mol. The van der Waals surface area contributed by atoms with Gasteiger partial charge in [-0.3, -0.25) is 9.59 Å². The highest BCUT2D eigenvalue weighted by molar-refractivity contribution is 7.89. The standard InChI is InChI=1S/C24H25N3O5S/c1-18(28)25-20-13-14-23(32-2)22(15-20)26-24(29)17-27(16-19-9-5-3-6-10-19)33(30,31)21-11-7-4-8-12-21/h3-15H,16-17H2,1-2H3,(H,25,28)(H,26,29). The first-order chi connectivity index (χ1) is 15.8. The van der Waals surface area contributed by atoms with Crippen LogP contribution in [0.25, 0.3) is 0 Å². The van der Waals surface area contributed by atoms with Gasteiger partial charge in [0.15, 0.2) is 0 Å². The minimum Gasteiger partial charge on any atom is -0.495 e. The normalized spacial score (nSPS) is 11.1. The lowest BCUT2D eigenvalue weighted by atomic mass is 10.2. The van der Waals surface area contributed by atoms with Gasteiger partial charge in [0.1, 0.15) is 5.75 Å². The van der Waals surface area contributed by atoms with Crippen LogP contribution < -0.4 is 15.4 Å². The Bertz CT molecular complexity index is 1220. The van der Waals surface area contributed by atoms with Crippen LogP contribution in [0, 0.1) is 0 Å². The predicted octanol–water partition coefficient (Wildman–Crippen LogP) is 3.48. The number of carbonyl (C=O) groups excluding carboxylic acids is 2. The summed E-state index contributed by atoms with van der Waals surface area (Å²) in [7, 11) is -2.49. The van der Waals surface area contributed by atoms with Gasteiger partial charge in [-0.25, -0.2) is 8.42 Å². The Morgan fingerprint density at radius 1 is 0.909 bits per heavy atom. The molecule has 0 bridgehead atoms. The molecule has 0 aliphatic heterocycles. The van der Waals surface area contributed by atoms with Crippen molar-refractivity contribution in [1.82, 2.24) is 4.31 Å². The molecule has 0 atom stereocenters. The molecule has 0 fully saturated rings. The Balaban J connectivity index is 1.87. The van der Waals surface area contributed by atoms with Gasteiger partial charge < -0.3 is 15.4 Å². The van der Waals surface area contributed by atoms with E-state index in [1.807, 2.05) is 6.07 Å². The van der Waals surface area contributed by atoms with Crippen molar-refractivity contribution in [2.24, 2.45) is 0 Å². The number of hydrogen-bond acceptors (Lipinski definition) is 5. The van der Waals surface area contributed by atoms with Crippen LogP contribution in [0.5, 0.6) is 5.75 Å². The minimum absolute atomic E-state index is 0.0224. The van der Waals surface area contributed by atoms with Crippen molar-refractivity contribution in [2.45, 2.75) is 18.4 Å². The first-order valence-electron chi connectivity index (χ1n) is 10.1. The molecule has 0 saturated carbocycles. The third kappa shape index (κ3) is 6.41. The van der Waals surface area contributed by atoms with Gasteiger partial charge in [-0.2, -0.15) is 4.31 Å². The molecule has 172 valence electrons. The number of sulfonamides is 1. The minimum atomic E-state index is -3.94. The van der Waals surface area contributed by atoms with Crippen LogP contribution in [0.3, 0.4) is 0 Å². The van der Waals surface area contributed by atoms with Crippen molar-refractivity contribution in [3.05, 3.63) is 84.4 Å². The molecule has 0 saturated heterocycles. The van der Waals surface area contributed by atoms with Gasteiger partial charge in [0, 0.05) is 19.2 Å². The first-order valence-corrected chi connectivity index (χ1v) is 11.6. The summed E-state index contributed by atoms with van der Waals surface area (Å²) in [6.45, 7) is 0.979. The van der Waals surface area contributed by atoms with E-state index in [4.69, 9.17) is 4.74 Å². The van der Waals surface area contributed by atoms with E-state index in [1.165, 1.54) is 26.2 Å². The zero-order valence-corrected chi connectivity index (χ0v) is 19.1. The first kappa shape index (κ1) is 24.0. The molecule has 0 radical (unpaired) electrons. The Morgan fingerprint density at radius 3 is 2.15 bits per heavy atom. The number of benzene rings is 3. The van der Waals surface area contributed by atoms with Crippen molar-refractivity contribution >= 4 is 33.2 Å². The van der Waals surface area contributed by atoms with Crippen LogP contribution in [-0.2, 0) is 26.2 Å². The summed E-state index contributed by atoms with van der Waals surface area (Å²) in [5.74, 6) is -0.442. The topological polar surface area (TPSA) is 105 Å². The average Bonchev–Trinajstić information content (AvgIpc) is 2.80. The molecule has 9 heteroatoms. The lowest BCUT2D eigenvalue weighted by Gasteiger charge is -2.22. The van der Waals surface area contributed by atoms with E-state index in [2.05, 4.69) is 10.6 Å². The fourth-order valence-corrected chi connectivity index (χ4v) is 4.60. The zero-order valence-electron chi connectivity index (χ0n) is 18.3. The molecule has 0 heterocycles. The fraction of sp³-hybridized carbons (Fsp3) is 0.167. The highest BCUT2D eigenvalue weighted by atomic mass is 32.2. The maximum Gasteiger partial charge on any atom is 0.243 e. The number of ether oxygens (including phenoxy) is 1. The van der Waals surface area contributed by atoms with Crippen molar-refractivity contribution < 1.29 is 22.7 Å². The van der Waals surface area contributed by atoms with Crippen LogP contribution in [0.2, 0.25) is 0 Å². The second kappa shape index (κ2) is 10.8. The van der Waals surface area contributed by atoms with Crippen LogP contribution in [-0.4, -0.2) is 38.2 Å². The number of rotatable bonds is 9. The van der Waals surface area contributed by atoms with E-state index < -0.39 is 22.5 Å². The van der Waals surface area contributed by atoms with Crippen LogP contribution >= 0.6 is 0 Å². The van der Waals surface area contributed by atoms with Crippen molar-refractivity contribution in [2.75, 3.05) is 24.3 Å². The summed E-state index contributed by atoms with van der Waals surface area (Å²) in [6.07, 6.45) is 0. The molecule has 8 nitrogen and oxygen atoms in total. The van der Waals surface area contributed by atoms with Gasteiger partial charge in [0.2, 0.25) is 21.8 Å². The fourth-order valence-electron chi connectivity index (χ4n) is 3.19. The summed E-state index contributed by atoms with van der Waals surface area (Å²) in [4.78, 5) is 24.4. The molecule has 33 heavy (non-hydrogen) atoms. The Morgan fingerprint density at radius 2 is 1.55 bits per heavy atom. The van der Waals surface area contributed by atoms with E-state index >= 15 is 0 Å². The molecule has 0 spiro atoms. The number of hydrogen-bond donors (Lipinski definition) is 2. The summed E-state index contributed by atoms with van der Waals surface area (Å²) in [6, 6.07) is 21.8. The van der Waals surface area contributed by atoms with Gasteiger partial charge in [-0.1, -0.05) is 48.5 Å². The van der Waals surface area contributed by atoms with E-state index in [-0.39, 0.29) is 17.3 Å². The number of anilines is 2. The van der Waals surface area contributed by atoms with Crippen LogP contribution in [0.1, 0.15) is 12.5 Å². The van der Waals surface area contributed by atoms with E-state index in [9.17, 15) is 18.0 Å². The van der Waals surface area contributed by atoms with Crippen LogP contribution in [0.4, 0.5) is 11.4 Å². The third-order valence-electron chi connectivity index (χ3n) is 4.70. The molecule has 0 unspecified atom stereocenters. The smallest absolute Gasteiger partial charge is 0.243 e. The molecule has 3 aromatic carbocycles. The predicted molar refractivity (Wildman–Crippen MR) is 126 cm³/mol. The summed E-state index contributed by atoms with van der Waals surface area (Å²) in [5.41, 5.74) is 1.53. The van der Waals surface area contributed by atoms with Gasteiger partial charge in [0.25, 0.3) is 0 Å². The van der Waals surface area contributed by atoms with E-state index in [0.29, 0.717) is 17.1 Å². The lowest BCUT2D eigenvalue weighted by molar-refractivity contribution is -0.116. The SMILES string of the molecule is COc1ccc(NC(C)=O)cc1NC(=O)CN(Cc1ccccc1)S(=O)(=O)c1ccccc1. The molecule has 3 rings (SSSR count). The van der Waals surface area contributed by atoms with Gasteiger partial charge >= 0.3 is 0 Å². The molecular formula is C24H25N3O5S. The maximum atomic E-state index is 13.3. The second-order valence-corrected chi connectivity index (χ2v) is 9.15. The lowest BCUT2D eigenvalue weighted by Crippen LogP contribution is -2.37. The highest BCUT2D eigenvalue weighted by Gasteiger charge is 2.27. The number of amides is 2. The quantitative estimate of drug-likeness (QED) is 0.501. The summed E-state index contributed by atoms with van der Waals surface area (Å²) >= 11 is 0. The number of carbonyl (C=O) groups is 2. The summed E-state index contributed by atoms with van der Waals surface area (Å²) in [5, 5.41) is 5.33. The number of nitrogens with one attached hydrogen (secondary N) is 2. The summed E-state index contributed by atoms with van der Waals surface area (Å²) < 4.78 is 33.0. The van der Waals surface area contributed by atoms with Crippen molar-refractivity contribution in [1.29, 1.82) is 0 Å². The second-order valence-electron chi connectivity index (χ2n) is 7.22. The molecule has 0 aromatic heterocycles. The van der Waals surface area contributed by atoms with Gasteiger partial charge in [-0.05, 0) is 35.9 Å². The molecule has 0 aliphatic rings. The maximum absolute atomic E-state index is 13.3.